The number of rotatable bonds is 5. The summed E-state index contributed by atoms with van der Waals surface area (Å²) in [6, 6.07) is 6.94. The quantitative estimate of drug-likeness (QED) is 0.762. The van der Waals surface area contributed by atoms with Crippen LogP contribution in [0.4, 0.5) is 10.5 Å². The molecule has 1 amide bonds. The first-order chi connectivity index (χ1) is 12.5. The van der Waals surface area contributed by atoms with Crippen LogP contribution in [0.15, 0.2) is 24.3 Å². The molecule has 0 spiro atoms. The van der Waals surface area contributed by atoms with Crippen molar-refractivity contribution in [3.63, 3.8) is 0 Å². The average molecular weight is 399 g/mol. The molecule has 1 aromatic carbocycles. The Kier molecular flexibility index (Phi) is 6.62. The molecule has 0 radical (unpaired) electrons. The summed E-state index contributed by atoms with van der Waals surface area (Å²) in [6.45, 7) is 7.41. The standard InChI is InChI=1S/C19H30N2O5S/c1-19(2,3)26-18(22)21-12-6-7-15(13-21)14-25-17-10-8-16(9-11-17)20(4)27(5,23)24/h8-11,15H,6-7,12-14H2,1-5H3. The van der Waals surface area contributed by atoms with Gasteiger partial charge in [-0.2, -0.15) is 0 Å². The van der Waals surface area contributed by atoms with Gasteiger partial charge in [0.2, 0.25) is 10.0 Å². The highest BCUT2D eigenvalue weighted by Crippen LogP contribution is 2.23. The van der Waals surface area contributed by atoms with Gasteiger partial charge in [0.05, 0.1) is 18.6 Å². The van der Waals surface area contributed by atoms with E-state index in [9.17, 15) is 13.2 Å². The number of hydrogen-bond donors (Lipinski definition) is 0. The van der Waals surface area contributed by atoms with Crippen LogP contribution in [0.5, 0.6) is 5.75 Å². The zero-order chi connectivity index (χ0) is 20.2. The highest BCUT2D eigenvalue weighted by atomic mass is 32.2. The van der Waals surface area contributed by atoms with E-state index in [1.165, 1.54) is 11.4 Å². The van der Waals surface area contributed by atoms with Gasteiger partial charge in [-0.15, -0.1) is 0 Å². The van der Waals surface area contributed by atoms with Crippen molar-refractivity contribution in [3.8, 4) is 5.75 Å². The number of amides is 1. The molecule has 0 saturated carbocycles. The number of anilines is 1. The highest BCUT2D eigenvalue weighted by molar-refractivity contribution is 7.92. The van der Waals surface area contributed by atoms with Gasteiger partial charge in [-0.3, -0.25) is 4.31 Å². The fourth-order valence-electron chi connectivity index (χ4n) is 2.85. The summed E-state index contributed by atoms with van der Waals surface area (Å²) < 4.78 is 35.7. The number of nitrogens with zero attached hydrogens (tertiary/aromatic N) is 2. The first-order valence-corrected chi connectivity index (χ1v) is 11.0. The Morgan fingerprint density at radius 3 is 2.44 bits per heavy atom. The van der Waals surface area contributed by atoms with Gasteiger partial charge in [0.25, 0.3) is 0 Å². The molecule has 7 nitrogen and oxygen atoms in total. The Morgan fingerprint density at radius 1 is 1.26 bits per heavy atom. The van der Waals surface area contributed by atoms with E-state index in [2.05, 4.69) is 0 Å². The molecule has 27 heavy (non-hydrogen) atoms. The average Bonchev–Trinajstić information content (AvgIpc) is 2.58. The van der Waals surface area contributed by atoms with Gasteiger partial charge in [0.15, 0.2) is 0 Å². The van der Waals surface area contributed by atoms with Crippen LogP contribution in [0, 0.1) is 5.92 Å². The van der Waals surface area contributed by atoms with Crippen LogP contribution in [-0.2, 0) is 14.8 Å². The molecule has 1 aliphatic rings. The Bertz CT molecular complexity index is 740. The fourth-order valence-corrected chi connectivity index (χ4v) is 3.36. The van der Waals surface area contributed by atoms with Crippen molar-refractivity contribution >= 4 is 21.8 Å². The lowest BCUT2D eigenvalue weighted by Crippen LogP contribution is -2.44. The van der Waals surface area contributed by atoms with Gasteiger partial charge in [0, 0.05) is 26.1 Å². The number of carbonyl (C=O) groups excluding carboxylic acids is 1. The monoisotopic (exact) mass is 398 g/mol. The third-order valence-corrected chi connectivity index (χ3v) is 5.56. The van der Waals surface area contributed by atoms with E-state index in [1.807, 2.05) is 20.8 Å². The maximum Gasteiger partial charge on any atom is 0.410 e. The molecule has 152 valence electrons. The lowest BCUT2D eigenvalue weighted by atomic mass is 9.99. The maximum atomic E-state index is 12.2. The molecule has 1 unspecified atom stereocenters. The molecule has 1 atom stereocenters. The van der Waals surface area contributed by atoms with E-state index in [4.69, 9.17) is 9.47 Å². The summed E-state index contributed by atoms with van der Waals surface area (Å²) in [6.07, 6.45) is 2.80. The summed E-state index contributed by atoms with van der Waals surface area (Å²) in [5.74, 6) is 0.916. The van der Waals surface area contributed by atoms with E-state index in [0.717, 1.165) is 19.1 Å². The Hall–Kier alpha value is -1.96. The molecule has 8 heteroatoms. The molecular weight excluding hydrogens is 368 g/mol. The molecule has 2 rings (SSSR count). The molecule has 1 aliphatic heterocycles. The van der Waals surface area contributed by atoms with Crippen LogP contribution < -0.4 is 9.04 Å². The third kappa shape index (κ3) is 6.61. The lowest BCUT2D eigenvalue weighted by Gasteiger charge is -2.34. The second kappa shape index (κ2) is 8.37. The van der Waals surface area contributed by atoms with Crippen LogP contribution in [0.3, 0.4) is 0 Å². The SMILES string of the molecule is CN(c1ccc(OCC2CCCN(C(=O)OC(C)(C)C)C2)cc1)S(C)(=O)=O. The van der Waals surface area contributed by atoms with Gasteiger partial charge in [0.1, 0.15) is 11.4 Å². The van der Waals surface area contributed by atoms with Crippen molar-refractivity contribution in [2.45, 2.75) is 39.2 Å². The van der Waals surface area contributed by atoms with Crippen molar-refractivity contribution in [2.24, 2.45) is 5.92 Å². The molecule has 1 heterocycles. The normalized spacial score (nSPS) is 18.1. The lowest BCUT2D eigenvalue weighted by molar-refractivity contribution is 0.0139. The summed E-state index contributed by atoms with van der Waals surface area (Å²) >= 11 is 0. The van der Waals surface area contributed by atoms with Crippen LogP contribution in [0.2, 0.25) is 0 Å². The molecule has 1 saturated heterocycles. The maximum absolute atomic E-state index is 12.2. The zero-order valence-corrected chi connectivity index (χ0v) is 17.6. The van der Waals surface area contributed by atoms with Crippen LogP contribution in [0.1, 0.15) is 33.6 Å². The second-order valence-corrected chi connectivity index (χ2v) is 9.98. The minimum Gasteiger partial charge on any atom is -0.493 e. The number of ether oxygens (including phenoxy) is 2. The molecule has 0 aromatic heterocycles. The second-order valence-electron chi connectivity index (χ2n) is 7.97. The highest BCUT2D eigenvalue weighted by Gasteiger charge is 2.27. The van der Waals surface area contributed by atoms with Gasteiger partial charge < -0.3 is 14.4 Å². The number of carbonyl (C=O) groups is 1. The van der Waals surface area contributed by atoms with Gasteiger partial charge in [-0.25, -0.2) is 13.2 Å². The number of sulfonamides is 1. The first kappa shape index (κ1) is 21.3. The minimum absolute atomic E-state index is 0.240. The fraction of sp³-hybridized carbons (Fsp3) is 0.632. The smallest absolute Gasteiger partial charge is 0.410 e. The number of hydrogen-bond acceptors (Lipinski definition) is 5. The Labute approximate surface area is 162 Å². The predicted molar refractivity (Wildman–Crippen MR) is 106 cm³/mol. The van der Waals surface area contributed by atoms with E-state index in [1.54, 1.807) is 29.2 Å². The molecule has 0 bridgehead atoms. The van der Waals surface area contributed by atoms with Crippen molar-refractivity contribution in [3.05, 3.63) is 24.3 Å². The number of likely N-dealkylation sites (tertiary alicyclic amines) is 1. The van der Waals surface area contributed by atoms with Crippen molar-refractivity contribution in [2.75, 3.05) is 37.3 Å². The van der Waals surface area contributed by atoms with Crippen LogP contribution in [-0.4, -0.2) is 58.0 Å². The summed E-state index contributed by atoms with van der Waals surface area (Å²) in [7, 11) is -1.77. The van der Waals surface area contributed by atoms with E-state index in [-0.39, 0.29) is 12.0 Å². The topological polar surface area (TPSA) is 76.2 Å². The molecule has 1 aromatic rings. The number of benzene rings is 1. The zero-order valence-electron chi connectivity index (χ0n) is 16.8. The minimum atomic E-state index is -3.28. The van der Waals surface area contributed by atoms with Crippen LogP contribution >= 0.6 is 0 Å². The molecule has 1 fully saturated rings. The molecule has 0 N–H and O–H groups in total. The van der Waals surface area contributed by atoms with Crippen molar-refractivity contribution in [1.29, 1.82) is 0 Å². The molecular formula is C19H30N2O5S. The van der Waals surface area contributed by atoms with Gasteiger partial charge in [-0.05, 0) is 57.9 Å². The van der Waals surface area contributed by atoms with Crippen LogP contribution in [0.25, 0.3) is 0 Å². The predicted octanol–water partition coefficient (Wildman–Crippen LogP) is 3.11. The van der Waals surface area contributed by atoms with Gasteiger partial charge in [-0.1, -0.05) is 0 Å². The summed E-state index contributed by atoms with van der Waals surface area (Å²) in [5, 5.41) is 0. The van der Waals surface area contributed by atoms with E-state index < -0.39 is 15.6 Å². The Balaban J connectivity index is 1.88. The summed E-state index contributed by atoms with van der Waals surface area (Å²) in [4.78, 5) is 14.0. The number of piperidine rings is 1. The third-order valence-electron chi connectivity index (χ3n) is 4.35. The Morgan fingerprint density at radius 2 is 1.89 bits per heavy atom. The van der Waals surface area contributed by atoms with Crippen molar-refractivity contribution in [1.82, 2.24) is 4.90 Å². The first-order valence-electron chi connectivity index (χ1n) is 9.10. The summed E-state index contributed by atoms with van der Waals surface area (Å²) in [5.41, 5.74) is 0.0834. The van der Waals surface area contributed by atoms with Gasteiger partial charge >= 0.3 is 6.09 Å². The van der Waals surface area contributed by atoms with E-state index >= 15 is 0 Å². The van der Waals surface area contributed by atoms with E-state index in [0.29, 0.717) is 31.1 Å². The molecule has 0 aliphatic carbocycles. The van der Waals surface area contributed by atoms with Crippen molar-refractivity contribution < 1.29 is 22.7 Å². The largest absolute Gasteiger partial charge is 0.493 e.